The van der Waals surface area contributed by atoms with Crippen molar-refractivity contribution in [2.45, 2.75) is 0 Å². The zero-order chi connectivity index (χ0) is 21.2. The Kier molecular flexibility index (Phi) is 5.58. The molecule has 0 aliphatic heterocycles. The number of para-hydroxylation sites is 3. The number of phosphoric acid groups is 1. The lowest BCUT2D eigenvalue weighted by molar-refractivity contribution is -0.278. The Morgan fingerprint density at radius 3 is 1.10 bits per heavy atom. The second kappa shape index (κ2) is 7.94. The summed E-state index contributed by atoms with van der Waals surface area (Å²) in [5, 5.41) is 35.5. The highest BCUT2D eigenvalue weighted by Crippen LogP contribution is 2.56. The SMILES string of the molecule is [O-]c1c(F)cccc1O[P+]([O-])(Oc1cccc(F)c1[O-])Oc1cccc(F)c1[O-]. The van der Waals surface area contributed by atoms with Crippen LogP contribution in [0.1, 0.15) is 0 Å². The molecule has 11 heteroatoms. The second-order valence-corrected chi connectivity index (χ2v) is 6.86. The molecule has 0 bridgehead atoms. The molecule has 7 nitrogen and oxygen atoms in total. The summed E-state index contributed by atoms with van der Waals surface area (Å²) in [6.07, 6.45) is 0. The molecule has 3 rings (SSSR count). The Morgan fingerprint density at radius 1 is 0.552 bits per heavy atom. The molecule has 0 aromatic heterocycles. The average Bonchev–Trinajstić information content (AvgIpc) is 2.67. The van der Waals surface area contributed by atoms with Crippen molar-refractivity contribution in [2.24, 2.45) is 0 Å². The fourth-order valence-electron chi connectivity index (χ4n) is 2.10. The van der Waals surface area contributed by atoms with E-state index in [2.05, 4.69) is 0 Å². The van der Waals surface area contributed by atoms with E-state index in [0.29, 0.717) is 0 Å². The number of hydrogen-bond acceptors (Lipinski definition) is 7. The lowest BCUT2D eigenvalue weighted by atomic mass is 10.3. The molecule has 0 saturated heterocycles. The van der Waals surface area contributed by atoms with E-state index in [1.807, 2.05) is 0 Å². The van der Waals surface area contributed by atoms with Crippen LogP contribution in [0.2, 0.25) is 0 Å². The van der Waals surface area contributed by atoms with Crippen LogP contribution >= 0.6 is 8.17 Å². The van der Waals surface area contributed by atoms with Gasteiger partial charge in [0.2, 0.25) is 0 Å². The largest absolute Gasteiger partial charge is 0.868 e. The first-order valence-electron chi connectivity index (χ1n) is 7.75. The maximum absolute atomic E-state index is 13.5. The van der Waals surface area contributed by atoms with E-state index in [4.69, 9.17) is 13.6 Å². The number of benzene rings is 3. The van der Waals surface area contributed by atoms with Gasteiger partial charge in [0.25, 0.3) is 0 Å². The molecular formula is C18H9F3O7P-3. The average molecular weight is 425 g/mol. The molecule has 3 aromatic rings. The van der Waals surface area contributed by atoms with Crippen LogP contribution < -0.4 is 33.8 Å². The zero-order valence-corrected chi connectivity index (χ0v) is 15.0. The molecule has 0 unspecified atom stereocenters. The second-order valence-electron chi connectivity index (χ2n) is 5.42. The molecule has 0 atom stereocenters. The van der Waals surface area contributed by atoms with Gasteiger partial charge in [0.1, 0.15) is 17.5 Å². The normalized spacial score (nSPS) is 11.2. The quantitative estimate of drug-likeness (QED) is 0.553. The molecule has 3 aromatic carbocycles. The summed E-state index contributed by atoms with van der Waals surface area (Å²) in [4.78, 5) is 13.1. The Labute approximate surface area is 162 Å². The summed E-state index contributed by atoms with van der Waals surface area (Å²) in [6.45, 7) is 0. The zero-order valence-electron chi connectivity index (χ0n) is 14.1. The third-order valence-corrected chi connectivity index (χ3v) is 4.68. The standard InChI is InChI=1S/C18H12F3O7P/c19-10-4-1-7-13(16(10)22)26-29(25,27-14-8-2-5-11(20)17(14)23)28-15-9-3-6-12(21)18(15)24/h1-9,22-24H/p-3. The monoisotopic (exact) mass is 425 g/mol. The molecule has 0 radical (unpaired) electrons. The predicted octanol–water partition coefficient (Wildman–Crippen LogP) is 1.90. The Balaban J connectivity index is 2.03. The molecule has 0 heterocycles. The minimum absolute atomic E-state index is 0.798. The third-order valence-electron chi connectivity index (χ3n) is 3.42. The summed E-state index contributed by atoms with van der Waals surface area (Å²) in [5.41, 5.74) is 0. The van der Waals surface area contributed by atoms with Crippen molar-refractivity contribution in [2.75, 3.05) is 0 Å². The van der Waals surface area contributed by atoms with Crippen LogP contribution in [-0.2, 0) is 0 Å². The summed E-state index contributed by atoms with van der Waals surface area (Å²) in [6, 6.07) is 8.26. The van der Waals surface area contributed by atoms with Crippen LogP contribution in [0.3, 0.4) is 0 Å². The van der Waals surface area contributed by atoms with E-state index in [-0.39, 0.29) is 0 Å². The summed E-state index contributed by atoms with van der Waals surface area (Å²) in [7, 11) is -5.13. The molecule has 152 valence electrons. The van der Waals surface area contributed by atoms with Crippen LogP contribution in [0, 0.1) is 17.5 Å². The van der Waals surface area contributed by atoms with Gasteiger partial charge in [-0.05, 0) is 53.6 Å². The first kappa shape index (κ1) is 20.4. The van der Waals surface area contributed by atoms with Crippen molar-refractivity contribution >= 4 is 8.17 Å². The van der Waals surface area contributed by atoms with Gasteiger partial charge in [0.05, 0.1) is 0 Å². The first-order valence-corrected chi connectivity index (χ1v) is 9.21. The smallest absolute Gasteiger partial charge is 0.517 e. The van der Waals surface area contributed by atoms with Crippen LogP contribution in [0.4, 0.5) is 13.2 Å². The van der Waals surface area contributed by atoms with E-state index >= 15 is 0 Å². The van der Waals surface area contributed by atoms with E-state index in [0.717, 1.165) is 54.6 Å². The van der Waals surface area contributed by atoms with Gasteiger partial charge in [-0.2, -0.15) is 0 Å². The van der Waals surface area contributed by atoms with Gasteiger partial charge >= 0.3 is 8.17 Å². The highest BCUT2D eigenvalue weighted by Gasteiger charge is 2.39. The Hall–Kier alpha value is -3.36. The molecule has 0 aliphatic carbocycles. The number of rotatable bonds is 6. The van der Waals surface area contributed by atoms with Crippen molar-refractivity contribution in [3.8, 4) is 34.5 Å². The molecule has 29 heavy (non-hydrogen) atoms. The lowest BCUT2D eigenvalue weighted by Gasteiger charge is -2.29. The van der Waals surface area contributed by atoms with Crippen LogP contribution in [-0.4, -0.2) is 0 Å². The molecular weight excluding hydrogens is 416 g/mol. The molecule has 0 amide bonds. The van der Waals surface area contributed by atoms with Crippen LogP contribution in [0.25, 0.3) is 0 Å². The fourth-order valence-corrected chi connectivity index (χ4v) is 3.37. The molecule has 0 spiro atoms. The van der Waals surface area contributed by atoms with Crippen molar-refractivity contribution in [3.63, 3.8) is 0 Å². The maximum Gasteiger partial charge on any atom is 0.517 e. The van der Waals surface area contributed by atoms with Gasteiger partial charge in [-0.1, -0.05) is 18.2 Å². The molecule has 0 saturated carbocycles. The van der Waals surface area contributed by atoms with E-state index in [1.54, 1.807) is 0 Å². The topological polar surface area (TPSA) is 120 Å². The summed E-state index contributed by atoms with van der Waals surface area (Å²) in [5.74, 6) is -10.3. The summed E-state index contributed by atoms with van der Waals surface area (Å²) < 4.78 is 55.0. The Bertz CT molecular complexity index is 918. The minimum atomic E-state index is -5.13. The van der Waals surface area contributed by atoms with Gasteiger partial charge in [-0.15, -0.1) is 0 Å². The lowest BCUT2D eigenvalue weighted by Crippen LogP contribution is -2.27. The van der Waals surface area contributed by atoms with E-state index in [9.17, 15) is 33.4 Å². The fraction of sp³-hybridized carbons (Fsp3) is 0. The highest BCUT2D eigenvalue weighted by molar-refractivity contribution is 7.55. The maximum atomic E-state index is 13.5. The van der Waals surface area contributed by atoms with E-state index < -0.39 is 60.1 Å². The van der Waals surface area contributed by atoms with Crippen molar-refractivity contribution in [1.29, 1.82) is 0 Å². The summed E-state index contributed by atoms with van der Waals surface area (Å²) >= 11 is 0. The molecule has 0 N–H and O–H groups in total. The van der Waals surface area contributed by atoms with Crippen LogP contribution in [0.15, 0.2) is 54.6 Å². The van der Waals surface area contributed by atoms with Crippen molar-refractivity contribution in [3.05, 3.63) is 72.0 Å². The predicted molar refractivity (Wildman–Crippen MR) is 86.3 cm³/mol. The molecule has 0 aliphatic rings. The number of hydrogen-bond donors (Lipinski definition) is 0. The van der Waals surface area contributed by atoms with Crippen LogP contribution in [0.5, 0.6) is 34.5 Å². The van der Waals surface area contributed by atoms with Gasteiger partial charge in [-0.25, -0.2) is 13.2 Å². The van der Waals surface area contributed by atoms with Gasteiger partial charge in [0.15, 0.2) is 17.2 Å². The van der Waals surface area contributed by atoms with Gasteiger partial charge in [0, 0.05) is 0 Å². The third kappa shape index (κ3) is 4.39. The first-order chi connectivity index (χ1) is 13.7. The van der Waals surface area contributed by atoms with Crippen molar-refractivity contribution in [1.82, 2.24) is 0 Å². The number of halogens is 3. The Morgan fingerprint density at radius 2 is 0.828 bits per heavy atom. The molecule has 0 fully saturated rings. The van der Waals surface area contributed by atoms with Gasteiger partial charge in [-0.3, -0.25) is 13.6 Å². The van der Waals surface area contributed by atoms with Gasteiger partial charge < -0.3 is 20.2 Å². The van der Waals surface area contributed by atoms with Crippen molar-refractivity contribution < 1.29 is 47.0 Å². The van der Waals surface area contributed by atoms with E-state index in [1.165, 1.54) is 0 Å². The minimum Gasteiger partial charge on any atom is -0.868 e. The highest BCUT2D eigenvalue weighted by atomic mass is 31.2. The number of phosphoric ester groups is 1.